The number of rotatable bonds is 4. The third-order valence-corrected chi connectivity index (χ3v) is 1.74. The second-order valence-corrected chi connectivity index (χ2v) is 2.77. The molecule has 0 unspecified atom stereocenters. The summed E-state index contributed by atoms with van der Waals surface area (Å²) in [6, 6.07) is 0. The van der Waals surface area contributed by atoms with Gasteiger partial charge in [0.2, 0.25) is 5.91 Å². The quantitative estimate of drug-likeness (QED) is 0.504. The van der Waals surface area contributed by atoms with Crippen molar-refractivity contribution in [3.05, 3.63) is 0 Å². The Labute approximate surface area is 61.9 Å². The highest BCUT2D eigenvalue weighted by molar-refractivity contribution is 4.62. The maximum absolute atomic E-state index is 8.78. The second kappa shape index (κ2) is 3.91. The Bertz CT molecular complexity index is 84.1. The summed E-state index contributed by atoms with van der Waals surface area (Å²) in [6.45, 7) is 4.03. The largest absolute Gasteiger partial charge is 0.354 e. The minimum Gasteiger partial charge on any atom is -0.354 e. The molecule has 0 amide bonds. The van der Waals surface area contributed by atoms with Crippen molar-refractivity contribution in [3.8, 4) is 0 Å². The number of hydrogen-bond acceptors (Lipinski definition) is 3. The van der Waals surface area contributed by atoms with Gasteiger partial charge in [-0.3, -0.25) is 5.73 Å². The van der Waals surface area contributed by atoms with E-state index in [2.05, 4.69) is 0 Å². The van der Waals surface area contributed by atoms with E-state index in [1.54, 1.807) is 0 Å². The lowest BCUT2D eigenvalue weighted by atomic mass is 9.98. The van der Waals surface area contributed by atoms with Crippen LogP contribution in [0.15, 0.2) is 0 Å². The summed E-state index contributed by atoms with van der Waals surface area (Å²) in [5, 5.41) is 17.6. The van der Waals surface area contributed by atoms with Crippen LogP contribution in [0.3, 0.4) is 0 Å². The molecule has 0 rings (SSSR count). The van der Waals surface area contributed by atoms with E-state index < -0.39 is 5.91 Å². The molecule has 3 nitrogen and oxygen atoms in total. The fraction of sp³-hybridized carbons (Fsp3) is 1.00. The molecule has 3 heteroatoms. The van der Waals surface area contributed by atoms with Crippen LogP contribution in [0.5, 0.6) is 0 Å². The average molecular weight is 147 g/mol. The predicted molar refractivity (Wildman–Crippen MR) is 40.0 cm³/mol. The summed E-state index contributed by atoms with van der Waals surface area (Å²) in [5.41, 5.74) is 5.00. The molecular formula is C7H17NO2. The van der Waals surface area contributed by atoms with Gasteiger partial charge in [-0.25, -0.2) is 0 Å². The first-order chi connectivity index (χ1) is 4.49. The molecule has 0 heterocycles. The molecule has 0 aromatic rings. The van der Waals surface area contributed by atoms with Gasteiger partial charge in [0.25, 0.3) is 0 Å². The summed E-state index contributed by atoms with van der Waals surface area (Å²) >= 11 is 0. The first kappa shape index (κ1) is 9.88. The second-order valence-electron chi connectivity index (χ2n) is 2.77. The SMILES string of the molecule is CCC(CC)CC(N)(O)O. The van der Waals surface area contributed by atoms with Crippen molar-refractivity contribution in [2.75, 3.05) is 0 Å². The molecule has 0 aliphatic carbocycles. The average Bonchev–Trinajstić information content (AvgIpc) is 1.81. The predicted octanol–water partition coefficient (Wildman–Crippen LogP) is 0.410. The van der Waals surface area contributed by atoms with E-state index in [-0.39, 0.29) is 6.42 Å². The number of nitrogens with two attached hydrogens (primary N) is 1. The molecule has 0 aliphatic heterocycles. The summed E-state index contributed by atoms with van der Waals surface area (Å²) in [5.74, 6) is -1.66. The van der Waals surface area contributed by atoms with E-state index in [1.807, 2.05) is 13.8 Å². The van der Waals surface area contributed by atoms with Crippen molar-refractivity contribution >= 4 is 0 Å². The molecule has 0 radical (unpaired) electrons. The Morgan fingerprint density at radius 3 is 1.80 bits per heavy atom. The van der Waals surface area contributed by atoms with Crippen molar-refractivity contribution in [2.24, 2.45) is 11.7 Å². The minimum absolute atomic E-state index is 0.264. The molecular weight excluding hydrogens is 130 g/mol. The minimum atomic E-state index is -1.98. The van der Waals surface area contributed by atoms with Gasteiger partial charge in [-0.05, 0) is 5.92 Å². The van der Waals surface area contributed by atoms with Gasteiger partial charge >= 0.3 is 0 Å². The zero-order valence-electron chi connectivity index (χ0n) is 6.67. The highest BCUT2D eigenvalue weighted by Crippen LogP contribution is 2.16. The van der Waals surface area contributed by atoms with E-state index in [4.69, 9.17) is 15.9 Å². The molecule has 4 N–H and O–H groups in total. The summed E-state index contributed by atoms with van der Waals surface area (Å²) in [7, 11) is 0. The van der Waals surface area contributed by atoms with Crippen LogP contribution >= 0.6 is 0 Å². The van der Waals surface area contributed by atoms with Gasteiger partial charge in [-0.1, -0.05) is 26.7 Å². The van der Waals surface area contributed by atoms with Crippen LogP contribution in [-0.4, -0.2) is 16.1 Å². The van der Waals surface area contributed by atoms with Gasteiger partial charge in [0.1, 0.15) is 0 Å². The Morgan fingerprint density at radius 2 is 1.70 bits per heavy atom. The molecule has 0 atom stereocenters. The molecule has 0 bridgehead atoms. The van der Waals surface area contributed by atoms with Gasteiger partial charge in [0.15, 0.2) is 0 Å². The zero-order valence-corrected chi connectivity index (χ0v) is 6.67. The Hall–Kier alpha value is -0.120. The molecule has 10 heavy (non-hydrogen) atoms. The van der Waals surface area contributed by atoms with E-state index in [0.29, 0.717) is 5.92 Å². The molecule has 0 fully saturated rings. The number of hydrogen-bond donors (Lipinski definition) is 3. The maximum Gasteiger partial charge on any atom is 0.220 e. The van der Waals surface area contributed by atoms with Crippen molar-refractivity contribution < 1.29 is 10.2 Å². The van der Waals surface area contributed by atoms with E-state index in [0.717, 1.165) is 12.8 Å². The summed E-state index contributed by atoms with van der Waals surface area (Å²) in [4.78, 5) is 0. The fourth-order valence-corrected chi connectivity index (χ4v) is 1.00. The van der Waals surface area contributed by atoms with Crippen LogP contribution < -0.4 is 5.73 Å². The molecule has 0 saturated carbocycles. The van der Waals surface area contributed by atoms with Crippen molar-refractivity contribution in [2.45, 2.75) is 39.0 Å². The smallest absolute Gasteiger partial charge is 0.220 e. The highest BCUT2D eigenvalue weighted by Gasteiger charge is 2.20. The van der Waals surface area contributed by atoms with E-state index >= 15 is 0 Å². The summed E-state index contributed by atoms with van der Waals surface area (Å²) < 4.78 is 0. The standard InChI is InChI=1S/C7H17NO2/c1-3-6(4-2)5-7(8,9)10/h6,9-10H,3-5,8H2,1-2H3. The zero-order chi connectivity index (χ0) is 8.20. The van der Waals surface area contributed by atoms with Crippen molar-refractivity contribution in [1.29, 1.82) is 0 Å². The van der Waals surface area contributed by atoms with E-state index in [9.17, 15) is 0 Å². The van der Waals surface area contributed by atoms with E-state index in [1.165, 1.54) is 0 Å². The molecule has 0 aromatic heterocycles. The lowest BCUT2D eigenvalue weighted by Crippen LogP contribution is -2.40. The van der Waals surface area contributed by atoms with Crippen molar-refractivity contribution in [3.63, 3.8) is 0 Å². The highest BCUT2D eigenvalue weighted by atomic mass is 16.5. The monoisotopic (exact) mass is 147 g/mol. The van der Waals surface area contributed by atoms with Crippen LogP contribution in [-0.2, 0) is 0 Å². The lowest BCUT2D eigenvalue weighted by molar-refractivity contribution is -0.168. The molecule has 0 aromatic carbocycles. The van der Waals surface area contributed by atoms with Crippen molar-refractivity contribution in [1.82, 2.24) is 0 Å². The first-order valence-electron chi connectivity index (χ1n) is 3.73. The topological polar surface area (TPSA) is 66.5 Å². The van der Waals surface area contributed by atoms with Crippen LogP contribution in [0.2, 0.25) is 0 Å². The molecule has 0 aliphatic rings. The van der Waals surface area contributed by atoms with Crippen LogP contribution in [0.4, 0.5) is 0 Å². The van der Waals surface area contributed by atoms with Crippen LogP contribution in [0.25, 0.3) is 0 Å². The first-order valence-corrected chi connectivity index (χ1v) is 3.73. The fourth-order valence-electron chi connectivity index (χ4n) is 1.00. The van der Waals surface area contributed by atoms with Crippen LogP contribution in [0.1, 0.15) is 33.1 Å². The Morgan fingerprint density at radius 1 is 1.30 bits per heavy atom. The van der Waals surface area contributed by atoms with Gasteiger partial charge < -0.3 is 10.2 Å². The van der Waals surface area contributed by atoms with Crippen LogP contribution in [0, 0.1) is 5.92 Å². The third-order valence-electron chi connectivity index (χ3n) is 1.74. The summed E-state index contributed by atoms with van der Waals surface area (Å²) in [6.07, 6.45) is 2.15. The van der Waals surface area contributed by atoms with Gasteiger partial charge in [-0.2, -0.15) is 0 Å². The van der Waals surface area contributed by atoms with Gasteiger partial charge in [0, 0.05) is 6.42 Å². The Balaban J connectivity index is 3.63. The molecule has 0 saturated heterocycles. The Kier molecular flexibility index (Phi) is 3.86. The maximum atomic E-state index is 8.78. The molecule has 0 spiro atoms. The van der Waals surface area contributed by atoms with Gasteiger partial charge in [0.05, 0.1) is 0 Å². The number of aliphatic hydroxyl groups is 2. The molecule has 62 valence electrons. The third kappa shape index (κ3) is 4.73. The lowest BCUT2D eigenvalue weighted by Gasteiger charge is -2.20. The normalized spacial score (nSPS) is 12.6. The van der Waals surface area contributed by atoms with Gasteiger partial charge in [-0.15, -0.1) is 0 Å².